The van der Waals surface area contributed by atoms with Crippen molar-refractivity contribution < 1.29 is 35.1 Å². The quantitative estimate of drug-likeness (QED) is 0.269. The predicted octanol–water partition coefficient (Wildman–Crippen LogP) is 3.09. The summed E-state index contributed by atoms with van der Waals surface area (Å²) in [5.41, 5.74) is -1.38. The SMILES string of the molecule is CCOc1ccc(S(=O)(=O)N/N=C\c2c(F)c(F)c(F)c(F)c2F)cc1. The molecular weight excluding hydrogens is 383 g/mol. The van der Waals surface area contributed by atoms with Crippen molar-refractivity contribution in [2.45, 2.75) is 11.8 Å². The maximum Gasteiger partial charge on any atom is 0.276 e. The molecule has 140 valence electrons. The third kappa shape index (κ3) is 3.93. The minimum atomic E-state index is -4.23. The number of benzene rings is 2. The molecule has 0 heterocycles. The van der Waals surface area contributed by atoms with Gasteiger partial charge in [-0.15, -0.1) is 0 Å². The molecule has 0 aliphatic rings. The van der Waals surface area contributed by atoms with Gasteiger partial charge in [-0.05, 0) is 31.2 Å². The van der Waals surface area contributed by atoms with E-state index in [1.807, 2.05) is 0 Å². The van der Waals surface area contributed by atoms with Gasteiger partial charge < -0.3 is 4.74 Å². The predicted molar refractivity (Wildman–Crippen MR) is 81.8 cm³/mol. The summed E-state index contributed by atoms with van der Waals surface area (Å²) in [4.78, 5) is 1.36. The smallest absolute Gasteiger partial charge is 0.276 e. The van der Waals surface area contributed by atoms with Crippen LogP contribution < -0.4 is 9.57 Å². The van der Waals surface area contributed by atoms with E-state index in [9.17, 15) is 30.4 Å². The summed E-state index contributed by atoms with van der Waals surface area (Å²) < 4.78 is 95.1. The lowest BCUT2D eigenvalue weighted by atomic mass is 10.2. The van der Waals surface area contributed by atoms with Crippen LogP contribution in [-0.4, -0.2) is 21.2 Å². The minimum Gasteiger partial charge on any atom is -0.494 e. The molecule has 0 spiro atoms. The Kier molecular flexibility index (Phi) is 5.80. The van der Waals surface area contributed by atoms with Crippen molar-refractivity contribution in [1.29, 1.82) is 0 Å². The molecular formula is C15H11F5N2O3S. The lowest BCUT2D eigenvalue weighted by Crippen LogP contribution is -2.19. The number of ether oxygens (including phenoxy) is 1. The lowest BCUT2D eigenvalue weighted by molar-refractivity contribution is 0.340. The molecule has 0 radical (unpaired) electrons. The summed E-state index contributed by atoms with van der Waals surface area (Å²) in [6.07, 6.45) is 0.183. The highest BCUT2D eigenvalue weighted by atomic mass is 32.2. The summed E-state index contributed by atoms with van der Waals surface area (Å²) >= 11 is 0. The molecule has 0 aliphatic heterocycles. The number of nitrogens with one attached hydrogen (secondary N) is 1. The lowest BCUT2D eigenvalue weighted by Gasteiger charge is -2.06. The number of sulfonamides is 1. The summed E-state index contributed by atoms with van der Waals surface area (Å²) in [7, 11) is -4.23. The Morgan fingerprint density at radius 1 is 0.962 bits per heavy atom. The Bertz CT molecular complexity index is 918. The van der Waals surface area contributed by atoms with Crippen LogP contribution in [0.1, 0.15) is 12.5 Å². The summed E-state index contributed by atoms with van der Waals surface area (Å²) in [6.45, 7) is 2.11. The monoisotopic (exact) mass is 394 g/mol. The second-order valence-electron chi connectivity index (χ2n) is 4.74. The van der Waals surface area contributed by atoms with Gasteiger partial charge in [0.2, 0.25) is 5.82 Å². The Morgan fingerprint density at radius 2 is 1.46 bits per heavy atom. The van der Waals surface area contributed by atoms with Crippen LogP contribution >= 0.6 is 0 Å². The zero-order valence-electron chi connectivity index (χ0n) is 13.1. The highest BCUT2D eigenvalue weighted by molar-refractivity contribution is 7.89. The van der Waals surface area contributed by atoms with Crippen LogP contribution in [0.15, 0.2) is 34.3 Å². The maximum atomic E-state index is 13.5. The van der Waals surface area contributed by atoms with Gasteiger partial charge in [-0.1, -0.05) is 0 Å². The molecule has 11 heteroatoms. The van der Waals surface area contributed by atoms with Crippen molar-refractivity contribution in [3.63, 3.8) is 0 Å². The highest BCUT2D eigenvalue weighted by Gasteiger charge is 2.24. The van der Waals surface area contributed by atoms with E-state index in [0.717, 1.165) is 0 Å². The molecule has 0 aromatic heterocycles. The second-order valence-corrected chi connectivity index (χ2v) is 6.40. The molecule has 0 saturated heterocycles. The van der Waals surface area contributed by atoms with E-state index in [1.54, 1.807) is 11.8 Å². The van der Waals surface area contributed by atoms with Crippen LogP contribution in [-0.2, 0) is 10.0 Å². The van der Waals surface area contributed by atoms with E-state index in [-0.39, 0.29) is 11.1 Å². The number of nitrogens with zero attached hydrogens (tertiary/aromatic N) is 1. The van der Waals surface area contributed by atoms with E-state index >= 15 is 0 Å². The first kappa shape index (κ1) is 19.6. The normalized spacial score (nSPS) is 11.8. The van der Waals surface area contributed by atoms with E-state index in [1.165, 1.54) is 24.3 Å². The molecule has 0 atom stereocenters. The number of halogens is 5. The fraction of sp³-hybridized carbons (Fsp3) is 0.133. The minimum absolute atomic E-state index is 0.183. The van der Waals surface area contributed by atoms with Crippen molar-refractivity contribution in [2.75, 3.05) is 6.61 Å². The average molecular weight is 394 g/mol. The zero-order chi connectivity index (χ0) is 19.5. The van der Waals surface area contributed by atoms with E-state index in [2.05, 4.69) is 5.10 Å². The molecule has 2 aromatic rings. The van der Waals surface area contributed by atoms with Crippen LogP contribution in [0.2, 0.25) is 0 Å². The maximum absolute atomic E-state index is 13.5. The molecule has 0 fully saturated rings. The first-order chi connectivity index (χ1) is 12.2. The Balaban J connectivity index is 2.25. The molecule has 2 aromatic carbocycles. The number of hydrazone groups is 1. The number of hydrogen-bond donors (Lipinski definition) is 1. The van der Waals surface area contributed by atoms with Crippen molar-refractivity contribution in [2.24, 2.45) is 5.10 Å². The summed E-state index contributed by atoms with van der Waals surface area (Å²) in [5.74, 6) is -10.5. The van der Waals surface area contributed by atoms with Gasteiger partial charge in [0.05, 0.1) is 23.3 Å². The van der Waals surface area contributed by atoms with Crippen LogP contribution in [0.25, 0.3) is 0 Å². The van der Waals surface area contributed by atoms with Crippen LogP contribution in [0.3, 0.4) is 0 Å². The summed E-state index contributed by atoms with van der Waals surface area (Å²) in [6, 6.07) is 5.10. The fourth-order valence-corrected chi connectivity index (χ4v) is 2.62. The first-order valence-electron chi connectivity index (χ1n) is 6.98. The van der Waals surface area contributed by atoms with Crippen molar-refractivity contribution in [3.05, 3.63) is 58.9 Å². The van der Waals surface area contributed by atoms with Gasteiger partial charge in [-0.25, -0.2) is 26.8 Å². The fourth-order valence-electron chi connectivity index (χ4n) is 1.83. The molecule has 0 bridgehead atoms. The van der Waals surface area contributed by atoms with Gasteiger partial charge in [0.15, 0.2) is 23.3 Å². The Hall–Kier alpha value is -2.69. The molecule has 2 rings (SSSR count). The van der Waals surface area contributed by atoms with Crippen molar-refractivity contribution in [3.8, 4) is 5.75 Å². The standard InChI is InChI=1S/C15H11F5N2O3S/c1-2-25-8-3-5-9(6-4-8)26(23,24)22-21-7-10-11(16)13(18)15(20)14(19)12(10)17/h3-7,22H,2H2,1H3/b21-7-. The molecule has 0 aliphatic carbocycles. The first-order valence-corrected chi connectivity index (χ1v) is 8.46. The Labute approximate surface area is 145 Å². The van der Waals surface area contributed by atoms with Gasteiger partial charge in [0, 0.05) is 0 Å². The largest absolute Gasteiger partial charge is 0.494 e. The third-order valence-electron chi connectivity index (χ3n) is 3.06. The van der Waals surface area contributed by atoms with Gasteiger partial charge in [-0.3, -0.25) is 0 Å². The third-order valence-corrected chi connectivity index (χ3v) is 4.29. The Morgan fingerprint density at radius 3 is 1.96 bits per heavy atom. The number of hydrogen-bond acceptors (Lipinski definition) is 4. The van der Waals surface area contributed by atoms with E-state index in [4.69, 9.17) is 4.74 Å². The van der Waals surface area contributed by atoms with Crippen LogP contribution in [0.5, 0.6) is 5.75 Å². The van der Waals surface area contributed by atoms with Crippen molar-refractivity contribution >= 4 is 16.2 Å². The molecule has 26 heavy (non-hydrogen) atoms. The molecule has 1 N–H and O–H groups in total. The van der Waals surface area contributed by atoms with Crippen LogP contribution in [0.4, 0.5) is 22.0 Å². The van der Waals surface area contributed by atoms with Gasteiger partial charge in [0.1, 0.15) is 5.75 Å². The number of rotatable bonds is 6. The van der Waals surface area contributed by atoms with Crippen LogP contribution in [0, 0.1) is 29.1 Å². The molecule has 5 nitrogen and oxygen atoms in total. The van der Waals surface area contributed by atoms with Gasteiger partial charge in [-0.2, -0.15) is 13.5 Å². The topological polar surface area (TPSA) is 67.8 Å². The second kappa shape index (κ2) is 7.68. The molecule has 0 amide bonds. The molecule has 0 unspecified atom stereocenters. The zero-order valence-corrected chi connectivity index (χ0v) is 13.9. The van der Waals surface area contributed by atoms with E-state index in [0.29, 0.717) is 12.4 Å². The average Bonchev–Trinajstić information content (AvgIpc) is 2.62. The van der Waals surface area contributed by atoms with Gasteiger partial charge >= 0.3 is 0 Å². The van der Waals surface area contributed by atoms with E-state index < -0.39 is 44.7 Å². The molecule has 0 saturated carbocycles. The van der Waals surface area contributed by atoms with Gasteiger partial charge in [0.25, 0.3) is 10.0 Å². The summed E-state index contributed by atoms with van der Waals surface area (Å²) in [5, 5.41) is 3.05. The van der Waals surface area contributed by atoms with Crippen molar-refractivity contribution in [1.82, 2.24) is 4.83 Å². The highest BCUT2D eigenvalue weighted by Crippen LogP contribution is 2.21.